The number of methoxy groups -OCH3 is 1. The van der Waals surface area contributed by atoms with E-state index in [2.05, 4.69) is 25.7 Å². The van der Waals surface area contributed by atoms with Crippen LogP contribution in [-0.4, -0.2) is 29.7 Å². The van der Waals surface area contributed by atoms with Crippen LogP contribution in [0.2, 0.25) is 0 Å². The van der Waals surface area contributed by atoms with Crippen molar-refractivity contribution < 1.29 is 9.84 Å². The molecule has 0 bridgehead atoms. The fourth-order valence-electron chi connectivity index (χ4n) is 3.01. The number of nitrogens with zero attached hydrogens (tertiary/aromatic N) is 1. The Morgan fingerprint density at radius 1 is 1.32 bits per heavy atom. The van der Waals surface area contributed by atoms with Gasteiger partial charge in [0.25, 0.3) is 0 Å². The molecule has 0 aromatic heterocycles. The van der Waals surface area contributed by atoms with E-state index in [1.54, 1.807) is 13.2 Å². The van der Waals surface area contributed by atoms with Gasteiger partial charge in [0.1, 0.15) is 0 Å². The van der Waals surface area contributed by atoms with Gasteiger partial charge in [-0.25, -0.2) is 0 Å². The molecular weight excluding hydrogens is 238 g/mol. The number of likely N-dealkylation sites (tertiary alicyclic amines) is 1. The van der Waals surface area contributed by atoms with Gasteiger partial charge in [-0.2, -0.15) is 0 Å². The van der Waals surface area contributed by atoms with Crippen LogP contribution < -0.4 is 4.74 Å². The van der Waals surface area contributed by atoms with E-state index in [0.29, 0.717) is 17.8 Å². The summed E-state index contributed by atoms with van der Waals surface area (Å²) in [6.45, 7) is 8.01. The normalized spacial score (nSPS) is 26.1. The van der Waals surface area contributed by atoms with E-state index in [9.17, 15) is 5.11 Å². The molecule has 3 atom stereocenters. The van der Waals surface area contributed by atoms with Gasteiger partial charge in [0, 0.05) is 18.6 Å². The van der Waals surface area contributed by atoms with Crippen LogP contribution in [0.15, 0.2) is 18.2 Å². The Labute approximate surface area is 116 Å². The number of hydrogen-bond donors (Lipinski definition) is 1. The molecule has 1 fully saturated rings. The van der Waals surface area contributed by atoms with Gasteiger partial charge in [-0.05, 0) is 50.3 Å². The van der Waals surface area contributed by atoms with Crippen molar-refractivity contribution in [3.8, 4) is 11.5 Å². The van der Waals surface area contributed by atoms with Gasteiger partial charge in [0.15, 0.2) is 11.5 Å². The molecule has 1 saturated heterocycles. The summed E-state index contributed by atoms with van der Waals surface area (Å²) in [5, 5.41) is 9.68. The molecular formula is C16H25NO2. The largest absolute Gasteiger partial charge is 0.504 e. The summed E-state index contributed by atoms with van der Waals surface area (Å²) in [6, 6.07) is 6.64. The third-order valence-electron chi connectivity index (χ3n) is 4.35. The van der Waals surface area contributed by atoms with E-state index in [1.807, 2.05) is 12.1 Å². The molecule has 3 unspecified atom stereocenters. The van der Waals surface area contributed by atoms with E-state index in [1.165, 1.54) is 18.4 Å². The summed E-state index contributed by atoms with van der Waals surface area (Å²) in [6.07, 6.45) is 2.59. The molecule has 0 amide bonds. The van der Waals surface area contributed by atoms with E-state index in [-0.39, 0.29) is 5.75 Å². The summed E-state index contributed by atoms with van der Waals surface area (Å²) in [5.41, 5.74) is 1.20. The molecule has 0 saturated carbocycles. The number of rotatable bonds is 3. The van der Waals surface area contributed by atoms with Crippen LogP contribution in [0.4, 0.5) is 0 Å². The molecule has 1 heterocycles. The molecule has 19 heavy (non-hydrogen) atoms. The SMILES string of the molecule is COc1cc(C(C)N2CC(C)CCC2C)ccc1O. The van der Waals surface area contributed by atoms with Crippen LogP contribution in [0.25, 0.3) is 0 Å². The van der Waals surface area contributed by atoms with Gasteiger partial charge < -0.3 is 9.84 Å². The Balaban J connectivity index is 2.20. The molecule has 3 nitrogen and oxygen atoms in total. The number of hydrogen-bond acceptors (Lipinski definition) is 3. The Morgan fingerprint density at radius 2 is 2.05 bits per heavy atom. The minimum Gasteiger partial charge on any atom is -0.504 e. The minimum absolute atomic E-state index is 0.207. The predicted molar refractivity (Wildman–Crippen MR) is 77.6 cm³/mol. The van der Waals surface area contributed by atoms with Gasteiger partial charge in [-0.3, -0.25) is 4.90 Å². The number of piperidine rings is 1. The molecule has 1 aromatic rings. The van der Waals surface area contributed by atoms with Crippen molar-refractivity contribution in [2.75, 3.05) is 13.7 Å². The molecule has 3 heteroatoms. The lowest BCUT2D eigenvalue weighted by Crippen LogP contribution is -2.42. The van der Waals surface area contributed by atoms with Crippen LogP contribution in [0.1, 0.15) is 45.2 Å². The van der Waals surface area contributed by atoms with Crippen molar-refractivity contribution in [2.24, 2.45) is 5.92 Å². The monoisotopic (exact) mass is 263 g/mol. The highest BCUT2D eigenvalue weighted by atomic mass is 16.5. The van der Waals surface area contributed by atoms with Crippen LogP contribution >= 0.6 is 0 Å². The summed E-state index contributed by atoms with van der Waals surface area (Å²) in [5.74, 6) is 1.53. The smallest absolute Gasteiger partial charge is 0.160 e. The highest BCUT2D eigenvalue weighted by Crippen LogP contribution is 2.34. The first-order valence-electron chi connectivity index (χ1n) is 7.15. The maximum atomic E-state index is 9.68. The van der Waals surface area contributed by atoms with E-state index in [4.69, 9.17) is 4.74 Å². The fraction of sp³-hybridized carbons (Fsp3) is 0.625. The third kappa shape index (κ3) is 3.03. The van der Waals surface area contributed by atoms with Gasteiger partial charge in [0.05, 0.1) is 7.11 Å². The number of phenolic OH excluding ortho intramolecular Hbond substituents is 1. The van der Waals surface area contributed by atoms with E-state index in [0.717, 1.165) is 12.5 Å². The van der Waals surface area contributed by atoms with Crippen molar-refractivity contribution in [1.29, 1.82) is 0 Å². The van der Waals surface area contributed by atoms with E-state index >= 15 is 0 Å². The molecule has 1 aliphatic rings. The van der Waals surface area contributed by atoms with Gasteiger partial charge in [-0.15, -0.1) is 0 Å². The lowest BCUT2D eigenvalue weighted by molar-refractivity contribution is 0.0843. The minimum atomic E-state index is 0.207. The van der Waals surface area contributed by atoms with Crippen molar-refractivity contribution in [1.82, 2.24) is 4.90 Å². The molecule has 1 aromatic carbocycles. The number of ether oxygens (including phenoxy) is 1. The Morgan fingerprint density at radius 3 is 2.74 bits per heavy atom. The molecule has 0 spiro atoms. The topological polar surface area (TPSA) is 32.7 Å². The van der Waals surface area contributed by atoms with Crippen molar-refractivity contribution in [2.45, 2.75) is 45.7 Å². The first-order valence-corrected chi connectivity index (χ1v) is 7.15. The number of phenols is 1. The van der Waals surface area contributed by atoms with Gasteiger partial charge in [0.2, 0.25) is 0 Å². The summed E-state index contributed by atoms with van der Waals surface area (Å²) in [7, 11) is 1.59. The molecule has 1 aliphatic heterocycles. The van der Waals surface area contributed by atoms with Crippen molar-refractivity contribution in [3.63, 3.8) is 0 Å². The molecule has 0 radical (unpaired) electrons. The van der Waals surface area contributed by atoms with Crippen LogP contribution in [-0.2, 0) is 0 Å². The molecule has 106 valence electrons. The summed E-state index contributed by atoms with van der Waals surface area (Å²) >= 11 is 0. The first kappa shape index (κ1) is 14.2. The zero-order valence-corrected chi connectivity index (χ0v) is 12.4. The second kappa shape index (κ2) is 5.83. The Kier molecular flexibility index (Phi) is 4.35. The molecule has 1 N–H and O–H groups in total. The highest BCUT2D eigenvalue weighted by Gasteiger charge is 2.27. The average Bonchev–Trinajstić information content (AvgIpc) is 2.41. The zero-order valence-electron chi connectivity index (χ0n) is 12.4. The zero-order chi connectivity index (χ0) is 14.0. The second-order valence-electron chi connectivity index (χ2n) is 5.84. The molecule has 2 rings (SSSR count). The Bertz CT molecular complexity index is 433. The fourth-order valence-corrected chi connectivity index (χ4v) is 3.01. The van der Waals surface area contributed by atoms with Crippen molar-refractivity contribution in [3.05, 3.63) is 23.8 Å². The number of benzene rings is 1. The van der Waals surface area contributed by atoms with Crippen molar-refractivity contribution >= 4 is 0 Å². The van der Waals surface area contributed by atoms with Crippen LogP contribution in [0.3, 0.4) is 0 Å². The average molecular weight is 263 g/mol. The van der Waals surface area contributed by atoms with Crippen LogP contribution in [0.5, 0.6) is 11.5 Å². The van der Waals surface area contributed by atoms with E-state index < -0.39 is 0 Å². The standard InChI is InChI=1S/C16H25NO2/c1-11-5-6-12(2)17(10-11)13(3)14-7-8-15(18)16(9-14)19-4/h7-9,11-13,18H,5-6,10H2,1-4H3. The summed E-state index contributed by atoms with van der Waals surface area (Å²) in [4.78, 5) is 2.56. The quantitative estimate of drug-likeness (QED) is 0.904. The summed E-state index contributed by atoms with van der Waals surface area (Å²) < 4.78 is 5.20. The maximum Gasteiger partial charge on any atom is 0.160 e. The van der Waals surface area contributed by atoms with Gasteiger partial charge in [-0.1, -0.05) is 13.0 Å². The first-order chi connectivity index (χ1) is 9.02. The lowest BCUT2D eigenvalue weighted by Gasteiger charge is -2.41. The van der Waals surface area contributed by atoms with Crippen LogP contribution in [0, 0.1) is 5.92 Å². The van der Waals surface area contributed by atoms with Gasteiger partial charge >= 0.3 is 0 Å². The second-order valence-corrected chi connectivity index (χ2v) is 5.84. The number of aromatic hydroxyl groups is 1. The molecule has 0 aliphatic carbocycles. The third-order valence-corrected chi connectivity index (χ3v) is 4.35. The predicted octanol–water partition coefficient (Wildman–Crippen LogP) is 3.58. The highest BCUT2D eigenvalue weighted by molar-refractivity contribution is 5.42. The Hall–Kier alpha value is -1.22. The lowest BCUT2D eigenvalue weighted by atomic mass is 9.92. The maximum absolute atomic E-state index is 9.68.